The van der Waals surface area contributed by atoms with E-state index in [1.165, 1.54) is 0 Å². The van der Waals surface area contributed by atoms with E-state index in [1.807, 2.05) is 36.4 Å². The van der Waals surface area contributed by atoms with Crippen LogP contribution in [-0.2, 0) is 0 Å². The Hall–Kier alpha value is -3.44. The molecule has 2 aromatic carbocycles. The Morgan fingerprint density at radius 3 is 2.68 bits per heavy atom. The summed E-state index contributed by atoms with van der Waals surface area (Å²) in [6.07, 6.45) is 7.11. The third kappa shape index (κ3) is 3.40. The molecule has 138 valence electrons. The second-order valence-electron chi connectivity index (χ2n) is 6.07. The minimum absolute atomic E-state index is 0.169. The third-order valence-electron chi connectivity index (χ3n) is 4.30. The summed E-state index contributed by atoms with van der Waals surface area (Å²) in [5, 5.41) is 0.954. The van der Waals surface area contributed by atoms with Gasteiger partial charge in [-0.05, 0) is 54.1 Å². The molecular formula is C22H16ClN3O2. The van der Waals surface area contributed by atoms with Gasteiger partial charge in [-0.15, -0.1) is 0 Å². The van der Waals surface area contributed by atoms with Crippen molar-refractivity contribution in [3.8, 4) is 11.4 Å². The molecule has 28 heavy (non-hydrogen) atoms. The van der Waals surface area contributed by atoms with Crippen molar-refractivity contribution in [1.82, 2.24) is 14.5 Å². The maximum absolute atomic E-state index is 13.2. The van der Waals surface area contributed by atoms with Crippen molar-refractivity contribution in [3.05, 3.63) is 93.8 Å². The number of fused-ring (bicyclic) bond motifs is 1. The normalized spacial score (nSPS) is 11.2. The van der Waals surface area contributed by atoms with Gasteiger partial charge in [-0.2, -0.15) is 0 Å². The lowest BCUT2D eigenvalue weighted by Gasteiger charge is -2.13. The maximum atomic E-state index is 13.2. The first-order valence-electron chi connectivity index (χ1n) is 8.61. The van der Waals surface area contributed by atoms with Crippen molar-refractivity contribution in [2.24, 2.45) is 0 Å². The first-order chi connectivity index (χ1) is 13.7. The molecule has 6 heteroatoms. The molecule has 0 fully saturated rings. The Morgan fingerprint density at radius 2 is 1.93 bits per heavy atom. The zero-order valence-corrected chi connectivity index (χ0v) is 15.8. The summed E-state index contributed by atoms with van der Waals surface area (Å²) in [4.78, 5) is 22.0. The number of rotatable bonds is 4. The molecule has 0 atom stereocenters. The van der Waals surface area contributed by atoms with E-state index in [0.717, 1.165) is 5.56 Å². The van der Waals surface area contributed by atoms with Crippen LogP contribution < -0.4 is 10.3 Å². The van der Waals surface area contributed by atoms with Crippen LogP contribution in [0.1, 0.15) is 11.4 Å². The van der Waals surface area contributed by atoms with Crippen molar-refractivity contribution >= 4 is 34.7 Å². The van der Waals surface area contributed by atoms with Crippen LogP contribution in [-0.4, -0.2) is 21.6 Å². The highest BCUT2D eigenvalue weighted by Gasteiger charge is 2.12. The molecule has 0 saturated heterocycles. The molecule has 4 rings (SSSR count). The van der Waals surface area contributed by atoms with Crippen LogP contribution in [0.15, 0.2) is 71.8 Å². The van der Waals surface area contributed by atoms with Crippen molar-refractivity contribution in [3.63, 3.8) is 0 Å². The molecule has 0 bridgehead atoms. The molecule has 0 N–H and O–H groups in total. The molecule has 4 aromatic rings. The zero-order valence-electron chi connectivity index (χ0n) is 15.0. The van der Waals surface area contributed by atoms with E-state index in [2.05, 4.69) is 9.97 Å². The predicted molar refractivity (Wildman–Crippen MR) is 112 cm³/mol. The van der Waals surface area contributed by atoms with Crippen molar-refractivity contribution in [2.45, 2.75) is 0 Å². The van der Waals surface area contributed by atoms with E-state index in [4.69, 9.17) is 16.3 Å². The Kier molecular flexibility index (Phi) is 4.91. The number of nitrogens with zero attached hydrogens (tertiary/aromatic N) is 3. The largest absolute Gasteiger partial charge is 0.495 e. The minimum Gasteiger partial charge on any atom is -0.495 e. The highest BCUT2D eigenvalue weighted by Crippen LogP contribution is 2.27. The van der Waals surface area contributed by atoms with Crippen LogP contribution in [0.5, 0.6) is 5.75 Å². The first kappa shape index (κ1) is 17.9. The number of benzene rings is 2. The second kappa shape index (κ2) is 7.66. The fourth-order valence-corrected chi connectivity index (χ4v) is 3.20. The van der Waals surface area contributed by atoms with Crippen molar-refractivity contribution in [2.75, 3.05) is 7.11 Å². The van der Waals surface area contributed by atoms with Crippen LogP contribution in [0.3, 0.4) is 0 Å². The van der Waals surface area contributed by atoms with E-state index in [1.54, 1.807) is 54.4 Å². The monoisotopic (exact) mass is 389 g/mol. The van der Waals surface area contributed by atoms with Gasteiger partial charge in [0.1, 0.15) is 11.6 Å². The molecule has 0 spiro atoms. The molecule has 0 radical (unpaired) electrons. The van der Waals surface area contributed by atoms with Gasteiger partial charge in [-0.3, -0.25) is 14.3 Å². The summed E-state index contributed by atoms with van der Waals surface area (Å²) >= 11 is 6.29. The van der Waals surface area contributed by atoms with E-state index in [-0.39, 0.29) is 5.56 Å². The molecule has 0 amide bonds. The van der Waals surface area contributed by atoms with Gasteiger partial charge in [-0.25, -0.2) is 4.98 Å². The molecular weight excluding hydrogens is 374 g/mol. The Labute approximate surface area is 166 Å². The summed E-state index contributed by atoms with van der Waals surface area (Å²) < 4.78 is 6.76. The average Bonchev–Trinajstić information content (AvgIpc) is 2.73. The highest BCUT2D eigenvalue weighted by molar-refractivity contribution is 6.32. The summed E-state index contributed by atoms with van der Waals surface area (Å²) in [6, 6.07) is 16.3. The quantitative estimate of drug-likeness (QED) is 0.511. The molecule has 0 unspecified atom stereocenters. The molecule has 5 nitrogen and oxygen atoms in total. The van der Waals surface area contributed by atoms with Gasteiger partial charge in [0.2, 0.25) is 0 Å². The van der Waals surface area contributed by atoms with Gasteiger partial charge in [0.25, 0.3) is 5.56 Å². The predicted octanol–water partition coefficient (Wildman–Crippen LogP) is 4.61. The van der Waals surface area contributed by atoms with Crippen LogP contribution >= 0.6 is 11.6 Å². The average molecular weight is 390 g/mol. The smallest absolute Gasteiger partial charge is 0.266 e. The van der Waals surface area contributed by atoms with Crippen LogP contribution in [0.25, 0.3) is 28.7 Å². The molecule has 0 aliphatic carbocycles. The minimum atomic E-state index is -0.169. The number of pyridine rings is 1. The lowest BCUT2D eigenvalue weighted by atomic mass is 10.2. The number of hydrogen-bond donors (Lipinski definition) is 0. The zero-order chi connectivity index (χ0) is 19.5. The van der Waals surface area contributed by atoms with Crippen LogP contribution in [0.4, 0.5) is 0 Å². The molecule has 2 aromatic heterocycles. The van der Waals surface area contributed by atoms with Gasteiger partial charge in [0.15, 0.2) is 0 Å². The second-order valence-corrected chi connectivity index (χ2v) is 6.47. The maximum Gasteiger partial charge on any atom is 0.266 e. The van der Waals surface area contributed by atoms with Gasteiger partial charge in [0.05, 0.1) is 28.7 Å². The SMILES string of the molecule is COc1ccc(-n2c(C=Cc3cccnc3)nc3ccccc3c2=O)cc1Cl. The van der Waals surface area contributed by atoms with Gasteiger partial charge >= 0.3 is 0 Å². The van der Waals surface area contributed by atoms with Gasteiger partial charge in [0, 0.05) is 12.4 Å². The number of para-hydroxylation sites is 1. The number of aromatic nitrogens is 3. The summed E-state index contributed by atoms with van der Waals surface area (Å²) in [7, 11) is 1.55. The summed E-state index contributed by atoms with van der Waals surface area (Å²) in [6.45, 7) is 0. The van der Waals surface area contributed by atoms with Gasteiger partial charge in [-0.1, -0.05) is 29.8 Å². The summed E-state index contributed by atoms with van der Waals surface area (Å²) in [5.41, 5.74) is 1.98. The Bertz CT molecular complexity index is 1230. The highest BCUT2D eigenvalue weighted by atomic mass is 35.5. The van der Waals surface area contributed by atoms with E-state index in [9.17, 15) is 4.79 Å². The molecule has 0 aliphatic heterocycles. The van der Waals surface area contributed by atoms with Crippen LogP contribution in [0, 0.1) is 0 Å². The van der Waals surface area contributed by atoms with Crippen molar-refractivity contribution < 1.29 is 4.74 Å². The lowest BCUT2D eigenvalue weighted by Crippen LogP contribution is -2.22. The Morgan fingerprint density at radius 1 is 1.07 bits per heavy atom. The van der Waals surface area contributed by atoms with Crippen LogP contribution in [0.2, 0.25) is 5.02 Å². The van der Waals surface area contributed by atoms with Crippen molar-refractivity contribution in [1.29, 1.82) is 0 Å². The molecule has 2 heterocycles. The topological polar surface area (TPSA) is 57.0 Å². The number of ether oxygens (including phenoxy) is 1. The Balaban J connectivity index is 1.95. The fraction of sp³-hybridized carbons (Fsp3) is 0.0455. The fourth-order valence-electron chi connectivity index (χ4n) is 2.95. The molecule has 0 aliphatic rings. The first-order valence-corrected chi connectivity index (χ1v) is 8.99. The lowest BCUT2D eigenvalue weighted by molar-refractivity contribution is 0.415. The standard InChI is InChI=1S/C22H16ClN3O2/c1-28-20-10-9-16(13-18(20)23)26-21(11-8-15-5-4-12-24-14-15)25-19-7-3-2-6-17(19)22(26)27/h2-14H,1H3. The number of halogens is 1. The van der Waals surface area contributed by atoms with E-state index < -0.39 is 0 Å². The molecule has 0 saturated carbocycles. The number of hydrogen-bond acceptors (Lipinski definition) is 4. The number of methoxy groups -OCH3 is 1. The third-order valence-corrected chi connectivity index (χ3v) is 4.60. The van der Waals surface area contributed by atoms with E-state index >= 15 is 0 Å². The van der Waals surface area contributed by atoms with Gasteiger partial charge < -0.3 is 4.74 Å². The van der Waals surface area contributed by atoms with E-state index in [0.29, 0.717) is 33.2 Å². The summed E-state index contributed by atoms with van der Waals surface area (Å²) in [5.74, 6) is 1.04.